The Labute approximate surface area is 101 Å². The zero-order valence-corrected chi connectivity index (χ0v) is 10.6. The van der Waals surface area contributed by atoms with E-state index in [-0.39, 0.29) is 12.5 Å². The zero-order valence-electron chi connectivity index (χ0n) is 10.6. The largest absolute Gasteiger partial charge is 0.357 e. The second-order valence-electron chi connectivity index (χ2n) is 3.07. The summed E-state index contributed by atoms with van der Waals surface area (Å²) in [6.07, 6.45) is 2.32. The van der Waals surface area contributed by atoms with Crippen LogP contribution in [0.2, 0.25) is 0 Å². The molecule has 1 heterocycles. The molecule has 1 aliphatic rings. The molecule has 1 aliphatic heterocycles. The second kappa shape index (κ2) is 7.56. The molecule has 1 unspecified atom stereocenters. The molecule has 0 spiro atoms. The first kappa shape index (κ1) is 15.3. The number of nitrogens with one attached hydrogen (secondary N) is 2. The minimum atomic E-state index is -0.796. The molecule has 6 nitrogen and oxygen atoms in total. The van der Waals surface area contributed by atoms with Crippen LogP contribution < -0.4 is 10.6 Å². The summed E-state index contributed by atoms with van der Waals surface area (Å²) in [5.41, 5.74) is 0. The SMILES string of the molecule is CC.CNCC(C(=O)NC)N1C(=O)C=CC1=O. The van der Waals surface area contributed by atoms with Crippen LogP contribution in [0.4, 0.5) is 0 Å². The van der Waals surface area contributed by atoms with E-state index in [9.17, 15) is 14.4 Å². The molecule has 0 aliphatic carbocycles. The maximum Gasteiger partial charge on any atom is 0.254 e. The average molecular weight is 241 g/mol. The van der Waals surface area contributed by atoms with Crippen molar-refractivity contribution in [3.05, 3.63) is 12.2 Å². The highest BCUT2D eigenvalue weighted by Crippen LogP contribution is 2.08. The third-order valence-electron chi connectivity index (χ3n) is 2.10. The summed E-state index contributed by atoms with van der Waals surface area (Å²) < 4.78 is 0. The van der Waals surface area contributed by atoms with Gasteiger partial charge in [-0.1, -0.05) is 13.8 Å². The highest BCUT2D eigenvalue weighted by atomic mass is 16.2. The van der Waals surface area contributed by atoms with Crippen molar-refractivity contribution in [1.82, 2.24) is 15.5 Å². The first-order valence-corrected chi connectivity index (χ1v) is 5.53. The van der Waals surface area contributed by atoms with E-state index >= 15 is 0 Å². The first-order valence-electron chi connectivity index (χ1n) is 5.53. The Hall–Kier alpha value is -1.69. The molecule has 0 aromatic heterocycles. The summed E-state index contributed by atoms with van der Waals surface area (Å²) in [5, 5.41) is 5.18. The number of amides is 3. The number of nitrogens with zero attached hydrogens (tertiary/aromatic N) is 1. The fourth-order valence-corrected chi connectivity index (χ4v) is 1.38. The highest BCUT2D eigenvalue weighted by molar-refractivity contribution is 6.15. The van der Waals surface area contributed by atoms with E-state index in [1.54, 1.807) is 7.05 Å². The maximum atomic E-state index is 11.5. The molecule has 0 saturated heterocycles. The number of hydrogen-bond donors (Lipinski definition) is 2. The Bertz CT molecular complexity index is 308. The van der Waals surface area contributed by atoms with Crippen LogP contribution in [0.25, 0.3) is 0 Å². The van der Waals surface area contributed by atoms with Crippen molar-refractivity contribution < 1.29 is 14.4 Å². The van der Waals surface area contributed by atoms with E-state index in [1.807, 2.05) is 13.8 Å². The van der Waals surface area contributed by atoms with Crippen LogP contribution in [-0.4, -0.2) is 49.3 Å². The average Bonchev–Trinajstić information content (AvgIpc) is 2.68. The van der Waals surface area contributed by atoms with Crippen molar-refractivity contribution in [2.75, 3.05) is 20.6 Å². The lowest BCUT2D eigenvalue weighted by molar-refractivity contribution is -0.145. The van der Waals surface area contributed by atoms with Crippen molar-refractivity contribution >= 4 is 17.7 Å². The Morgan fingerprint density at radius 2 is 1.71 bits per heavy atom. The molecule has 0 aromatic carbocycles. The van der Waals surface area contributed by atoms with E-state index in [1.165, 1.54) is 7.05 Å². The van der Waals surface area contributed by atoms with Gasteiger partial charge < -0.3 is 10.6 Å². The van der Waals surface area contributed by atoms with Crippen molar-refractivity contribution in [2.45, 2.75) is 19.9 Å². The predicted octanol–water partition coefficient (Wildman–Crippen LogP) is -0.728. The number of likely N-dealkylation sites (N-methyl/N-ethyl adjacent to an activating group) is 2. The van der Waals surface area contributed by atoms with Gasteiger partial charge in [0.2, 0.25) is 5.91 Å². The van der Waals surface area contributed by atoms with E-state index in [2.05, 4.69) is 10.6 Å². The molecule has 0 saturated carbocycles. The number of carbonyl (C=O) groups excluding carboxylic acids is 3. The summed E-state index contributed by atoms with van der Waals surface area (Å²) in [7, 11) is 3.11. The van der Waals surface area contributed by atoms with Crippen LogP contribution >= 0.6 is 0 Å². The second-order valence-corrected chi connectivity index (χ2v) is 3.07. The van der Waals surface area contributed by atoms with Gasteiger partial charge >= 0.3 is 0 Å². The Morgan fingerprint density at radius 1 is 1.24 bits per heavy atom. The Balaban J connectivity index is 0.00000121. The van der Waals surface area contributed by atoms with Gasteiger partial charge in [-0.3, -0.25) is 19.3 Å². The van der Waals surface area contributed by atoms with E-state index in [4.69, 9.17) is 0 Å². The van der Waals surface area contributed by atoms with Crippen LogP contribution in [-0.2, 0) is 14.4 Å². The predicted molar refractivity (Wildman–Crippen MR) is 64.1 cm³/mol. The van der Waals surface area contributed by atoms with E-state index < -0.39 is 17.9 Å². The Morgan fingerprint density at radius 3 is 2.06 bits per heavy atom. The smallest absolute Gasteiger partial charge is 0.254 e. The minimum absolute atomic E-state index is 0.235. The van der Waals surface area contributed by atoms with Gasteiger partial charge in [-0.2, -0.15) is 0 Å². The van der Waals surface area contributed by atoms with Crippen molar-refractivity contribution in [3.63, 3.8) is 0 Å². The molecule has 0 radical (unpaired) electrons. The van der Waals surface area contributed by atoms with Crippen molar-refractivity contribution in [1.29, 1.82) is 0 Å². The van der Waals surface area contributed by atoms with Crippen LogP contribution in [0.15, 0.2) is 12.2 Å². The molecule has 3 amide bonds. The molecular weight excluding hydrogens is 222 g/mol. The van der Waals surface area contributed by atoms with Gasteiger partial charge in [-0.15, -0.1) is 0 Å². The lowest BCUT2D eigenvalue weighted by atomic mass is 10.2. The van der Waals surface area contributed by atoms with Gasteiger partial charge in [0.05, 0.1) is 0 Å². The number of hydrogen-bond acceptors (Lipinski definition) is 4. The van der Waals surface area contributed by atoms with Crippen LogP contribution in [0, 0.1) is 0 Å². The number of rotatable bonds is 4. The summed E-state index contributed by atoms with van der Waals surface area (Å²) >= 11 is 0. The highest BCUT2D eigenvalue weighted by Gasteiger charge is 2.34. The third kappa shape index (κ3) is 3.67. The summed E-state index contributed by atoms with van der Waals surface area (Å²) in [5.74, 6) is -1.28. The first-order chi connectivity index (χ1) is 8.11. The maximum absolute atomic E-state index is 11.5. The molecule has 6 heteroatoms. The van der Waals surface area contributed by atoms with Gasteiger partial charge in [0.15, 0.2) is 0 Å². The van der Waals surface area contributed by atoms with Gasteiger partial charge in [0, 0.05) is 25.7 Å². The number of imide groups is 1. The molecule has 96 valence electrons. The number of carbonyl (C=O) groups is 3. The molecule has 0 fully saturated rings. The molecule has 1 rings (SSSR count). The normalized spacial score (nSPS) is 15.4. The third-order valence-corrected chi connectivity index (χ3v) is 2.10. The van der Waals surface area contributed by atoms with Gasteiger partial charge in [-0.05, 0) is 7.05 Å². The molecule has 1 atom stereocenters. The molecule has 0 bridgehead atoms. The van der Waals surface area contributed by atoms with Crippen LogP contribution in [0.5, 0.6) is 0 Å². The van der Waals surface area contributed by atoms with Crippen molar-refractivity contribution in [2.24, 2.45) is 0 Å². The molecular formula is C11H19N3O3. The fraction of sp³-hybridized carbons (Fsp3) is 0.545. The monoisotopic (exact) mass is 241 g/mol. The Kier molecular flexibility index (Phi) is 6.81. The topological polar surface area (TPSA) is 78.5 Å². The summed E-state index contributed by atoms with van der Waals surface area (Å²) in [4.78, 5) is 35.1. The van der Waals surface area contributed by atoms with Gasteiger partial charge in [0.1, 0.15) is 6.04 Å². The van der Waals surface area contributed by atoms with Gasteiger partial charge in [-0.25, -0.2) is 0 Å². The lowest BCUT2D eigenvalue weighted by Crippen LogP contribution is -2.53. The van der Waals surface area contributed by atoms with E-state index in [0.717, 1.165) is 17.1 Å². The zero-order chi connectivity index (χ0) is 13.4. The van der Waals surface area contributed by atoms with Crippen molar-refractivity contribution in [3.8, 4) is 0 Å². The summed E-state index contributed by atoms with van der Waals surface area (Å²) in [6, 6.07) is -0.796. The molecule has 0 aromatic rings. The quantitative estimate of drug-likeness (QED) is 0.636. The van der Waals surface area contributed by atoms with Crippen LogP contribution in [0.1, 0.15) is 13.8 Å². The van der Waals surface area contributed by atoms with Crippen LogP contribution in [0.3, 0.4) is 0 Å². The summed E-state index contributed by atoms with van der Waals surface area (Å²) in [6.45, 7) is 4.23. The minimum Gasteiger partial charge on any atom is -0.357 e. The fourth-order valence-electron chi connectivity index (χ4n) is 1.38. The van der Waals surface area contributed by atoms with E-state index in [0.29, 0.717) is 0 Å². The lowest BCUT2D eigenvalue weighted by Gasteiger charge is -2.24. The standard InChI is InChI=1S/C9H13N3O3.C2H6/c1-10-5-6(9(15)11-2)12-7(13)3-4-8(12)14;1-2/h3-4,6,10H,5H2,1-2H3,(H,11,15);1-2H3. The van der Waals surface area contributed by atoms with Gasteiger partial charge in [0.25, 0.3) is 11.8 Å². The molecule has 17 heavy (non-hydrogen) atoms. The molecule has 2 N–H and O–H groups in total.